The summed E-state index contributed by atoms with van der Waals surface area (Å²) in [7, 11) is 0. The summed E-state index contributed by atoms with van der Waals surface area (Å²) in [6.07, 6.45) is 3.29. The number of rotatable bonds is 3. The van der Waals surface area contributed by atoms with E-state index in [4.69, 9.17) is 0 Å². The van der Waals surface area contributed by atoms with Gasteiger partial charge in [0.15, 0.2) is 6.29 Å². The summed E-state index contributed by atoms with van der Waals surface area (Å²) >= 11 is 0. The van der Waals surface area contributed by atoms with E-state index in [1.165, 1.54) is 19.3 Å². The van der Waals surface area contributed by atoms with Gasteiger partial charge in [-0.25, -0.2) is 10.1 Å². The van der Waals surface area contributed by atoms with Crippen molar-refractivity contribution >= 4 is 11.7 Å². The molecule has 2 aliphatic heterocycles. The van der Waals surface area contributed by atoms with Gasteiger partial charge in [-0.2, -0.15) is 0 Å². The molecule has 20 heavy (non-hydrogen) atoms. The Kier molecular flexibility index (Phi) is 4.03. The molecule has 0 aromatic heterocycles. The van der Waals surface area contributed by atoms with Crippen LogP contribution in [0, 0.1) is 0 Å². The van der Waals surface area contributed by atoms with E-state index < -0.39 is 0 Å². The van der Waals surface area contributed by atoms with E-state index in [0.29, 0.717) is 0 Å². The summed E-state index contributed by atoms with van der Waals surface area (Å²) in [5, 5.41) is 12.4. The van der Waals surface area contributed by atoms with Crippen LogP contribution in [0.3, 0.4) is 0 Å². The van der Waals surface area contributed by atoms with E-state index in [1.54, 1.807) is 0 Å². The zero-order chi connectivity index (χ0) is 13.8. The maximum Gasteiger partial charge on any atom is 0.319 e. The number of hydrogen-bond acceptors (Lipinski definition) is 4. The number of urea groups is 1. The molecule has 6 nitrogen and oxygen atoms in total. The van der Waals surface area contributed by atoms with Crippen LogP contribution in [0.25, 0.3) is 0 Å². The van der Waals surface area contributed by atoms with Crippen LogP contribution in [0.2, 0.25) is 0 Å². The van der Waals surface area contributed by atoms with Gasteiger partial charge in [0.25, 0.3) is 0 Å². The highest BCUT2D eigenvalue weighted by Gasteiger charge is 2.29. The van der Waals surface area contributed by atoms with Crippen molar-refractivity contribution in [1.29, 1.82) is 0 Å². The molecule has 2 heterocycles. The largest absolute Gasteiger partial charge is 0.353 e. The second kappa shape index (κ2) is 6.11. The van der Waals surface area contributed by atoms with Crippen molar-refractivity contribution in [1.82, 2.24) is 20.9 Å². The third kappa shape index (κ3) is 3.20. The van der Waals surface area contributed by atoms with Gasteiger partial charge in [-0.15, -0.1) is 0 Å². The van der Waals surface area contributed by atoms with E-state index in [9.17, 15) is 4.79 Å². The van der Waals surface area contributed by atoms with Crippen molar-refractivity contribution in [2.75, 3.05) is 18.4 Å². The van der Waals surface area contributed by atoms with Gasteiger partial charge in [-0.3, -0.25) is 4.90 Å². The van der Waals surface area contributed by atoms with Crippen molar-refractivity contribution in [2.45, 2.75) is 31.8 Å². The zero-order valence-corrected chi connectivity index (χ0v) is 11.4. The topological polar surface area (TPSA) is 68.4 Å². The van der Waals surface area contributed by atoms with E-state index in [0.717, 1.165) is 18.8 Å². The second-order valence-corrected chi connectivity index (χ2v) is 5.23. The molecule has 4 N–H and O–H groups in total. The minimum Gasteiger partial charge on any atom is -0.353 e. The van der Waals surface area contributed by atoms with Gasteiger partial charge in [-0.05, 0) is 25.0 Å². The Balaban J connectivity index is 1.62. The van der Waals surface area contributed by atoms with Crippen LogP contribution in [0.15, 0.2) is 30.3 Å². The lowest BCUT2D eigenvalue weighted by atomic mass is 10.1. The molecule has 0 aliphatic carbocycles. The van der Waals surface area contributed by atoms with Gasteiger partial charge in [0.2, 0.25) is 0 Å². The number of anilines is 1. The highest BCUT2D eigenvalue weighted by atomic mass is 16.2. The van der Waals surface area contributed by atoms with Crippen LogP contribution in [-0.4, -0.2) is 36.6 Å². The third-order valence-electron chi connectivity index (χ3n) is 3.71. The lowest BCUT2D eigenvalue weighted by Crippen LogP contribution is -2.72. The molecule has 2 atom stereocenters. The average Bonchev–Trinajstić information content (AvgIpc) is 2.49. The summed E-state index contributed by atoms with van der Waals surface area (Å²) in [6, 6.07) is 9.71. The number of para-hydroxylation sites is 1. The average molecular weight is 275 g/mol. The fourth-order valence-electron chi connectivity index (χ4n) is 2.69. The Bertz CT molecular complexity index is 446. The predicted octanol–water partition coefficient (Wildman–Crippen LogP) is 1.05. The van der Waals surface area contributed by atoms with Crippen LogP contribution in [-0.2, 0) is 0 Å². The Morgan fingerprint density at radius 1 is 1.05 bits per heavy atom. The second-order valence-electron chi connectivity index (χ2n) is 5.23. The van der Waals surface area contributed by atoms with Gasteiger partial charge in [0.1, 0.15) is 6.29 Å². The summed E-state index contributed by atoms with van der Waals surface area (Å²) in [4.78, 5) is 14.1. The molecular formula is C14H21N5O. The van der Waals surface area contributed by atoms with Crippen molar-refractivity contribution in [3.63, 3.8) is 0 Å². The lowest BCUT2D eigenvalue weighted by molar-refractivity contribution is 0.0898. The molecule has 2 aliphatic rings. The van der Waals surface area contributed by atoms with Gasteiger partial charge < -0.3 is 16.0 Å². The standard InChI is InChI=1S/C14H21N5O/c20-14-17-12(15-11-7-3-1-4-8-11)16-13(18-14)19-9-5-2-6-10-19/h1,3-4,7-8,12-13,15-16H,2,5-6,9-10H2,(H2,17,18,20). The minimum atomic E-state index is -0.266. The third-order valence-corrected chi connectivity index (χ3v) is 3.71. The monoisotopic (exact) mass is 275 g/mol. The zero-order valence-electron chi connectivity index (χ0n) is 11.4. The number of carbonyl (C=O) groups is 1. The minimum absolute atomic E-state index is 0.106. The fourth-order valence-corrected chi connectivity index (χ4v) is 2.69. The SMILES string of the molecule is O=C1NC(Nc2ccccc2)NC(N2CCCCC2)N1. The summed E-state index contributed by atoms with van der Waals surface area (Å²) in [5.41, 5.74) is 0.976. The Hall–Kier alpha value is -1.79. The molecule has 1 aromatic carbocycles. The number of nitrogens with one attached hydrogen (secondary N) is 4. The molecule has 0 bridgehead atoms. The number of likely N-dealkylation sites (tertiary alicyclic amines) is 1. The fraction of sp³-hybridized carbons (Fsp3) is 0.500. The Morgan fingerprint density at radius 3 is 2.55 bits per heavy atom. The molecule has 2 fully saturated rings. The van der Waals surface area contributed by atoms with Gasteiger partial charge in [-0.1, -0.05) is 24.6 Å². The first-order valence-corrected chi connectivity index (χ1v) is 7.20. The molecule has 6 heteroatoms. The predicted molar refractivity (Wildman–Crippen MR) is 77.9 cm³/mol. The number of piperidine rings is 1. The highest BCUT2D eigenvalue weighted by Crippen LogP contribution is 2.12. The molecule has 3 rings (SSSR count). The molecule has 0 radical (unpaired) electrons. The van der Waals surface area contributed by atoms with Crippen LogP contribution < -0.4 is 21.3 Å². The van der Waals surface area contributed by atoms with E-state index in [2.05, 4.69) is 26.2 Å². The maximum atomic E-state index is 11.8. The summed E-state index contributed by atoms with van der Waals surface area (Å²) < 4.78 is 0. The van der Waals surface area contributed by atoms with Crippen LogP contribution in [0.1, 0.15) is 19.3 Å². The van der Waals surface area contributed by atoms with Crippen LogP contribution >= 0.6 is 0 Å². The van der Waals surface area contributed by atoms with Crippen molar-refractivity contribution < 1.29 is 4.79 Å². The van der Waals surface area contributed by atoms with Gasteiger partial charge in [0, 0.05) is 18.8 Å². The highest BCUT2D eigenvalue weighted by molar-refractivity contribution is 5.75. The molecule has 2 saturated heterocycles. The van der Waals surface area contributed by atoms with Crippen molar-refractivity contribution in [2.24, 2.45) is 0 Å². The molecule has 2 unspecified atom stereocenters. The number of carbonyl (C=O) groups excluding carboxylic acids is 1. The van der Waals surface area contributed by atoms with Gasteiger partial charge in [0.05, 0.1) is 0 Å². The molecule has 1 aromatic rings. The first kappa shape index (κ1) is 13.2. The molecule has 0 saturated carbocycles. The van der Waals surface area contributed by atoms with Gasteiger partial charge >= 0.3 is 6.03 Å². The Morgan fingerprint density at radius 2 is 1.80 bits per heavy atom. The number of amides is 2. The van der Waals surface area contributed by atoms with Crippen LogP contribution in [0.5, 0.6) is 0 Å². The molecule has 0 spiro atoms. The lowest BCUT2D eigenvalue weighted by Gasteiger charge is -2.41. The molecule has 108 valence electrons. The number of benzene rings is 1. The quantitative estimate of drug-likeness (QED) is 0.666. The van der Waals surface area contributed by atoms with E-state index >= 15 is 0 Å². The smallest absolute Gasteiger partial charge is 0.319 e. The number of hydrogen-bond donors (Lipinski definition) is 4. The van der Waals surface area contributed by atoms with E-state index in [-0.39, 0.29) is 18.6 Å². The molecular weight excluding hydrogens is 254 g/mol. The first-order valence-electron chi connectivity index (χ1n) is 7.20. The summed E-state index contributed by atoms with van der Waals surface area (Å²) in [5.74, 6) is 0. The summed E-state index contributed by atoms with van der Waals surface area (Å²) in [6.45, 7) is 2.05. The first-order chi connectivity index (χ1) is 9.81. The number of nitrogens with zero attached hydrogens (tertiary/aromatic N) is 1. The van der Waals surface area contributed by atoms with E-state index in [1.807, 2.05) is 30.3 Å². The normalized spacial score (nSPS) is 27.5. The van der Waals surface area contributed by atoms with Crippen molar-refractivity contribution in [3.8, 4) is 0 Å². The van der Waals surface area contributed by atoms with Crippen molar-refractivity contribution in [3.05, 3.63) is 30.3 Å². The molecule has 2 amide bonds. The van der Waals surface area contributed by atoms with Crippen LogP contribution in [0.4, 0.5) is 10.5 Å². The Labute approximate surface area is 118 Å². The maximum absolute atomic E-state index is 11.8.